The molecule has 1 aliphatic heterocycles. The molecule has 0 amide bonds. The third-order valence-electron chi connectivity index (χ3n) is 3.27. The van der Waals surface area contributed by atoms with Gasteiger partial charge in [-0.2, -0.15) is 0 Å². The molecule has 0 aliphatic carbocycles. The summed E-state index contributed by atoms with van der Waals surface area (Å²) in [6.07, 6.45) is 2.70. The number of alkyl halides is 1. The predicted molar refractivity (Wildman–Crippen MR) is 65.9 cm³/mol. The van der Waals surface area contributed by atoms with Crippen molar-refractivity contribution in [1.29, 1.82) is 0 Å². The van der Waals surface area contributed by atoms with Gasteiger partial charge in [-0.25, -0.2) is 9.37 Å². The summed E-state index contributed by atoms with van der Waals surface area (Å²) in [4.78, 5) is 5.65. The molecular formula is C12H19FN2S. The fraction of sp³-hybridized carbons (Fsp3) is 0.750. The van der Waals surface area contributed by atoms with Crippen molar-refractivity contribution in [1.82, 2.24) is 10.3 Å². The first-order valence-electron chi connectivity index (χ1n) is 5.92. The van der Waals surface area contributed by atoms with Crippen LogP contribution in [-0.4, -0.2) is 23.7 Å². The normalized spacial score (nSPS) is 26.7. The SMILES string of the molecule is Cc1nc(CC2(F)CCCNCC2)sc1C. The minimum Gasteiger partial charge on any atom is -0.317 e. The number of nitrogens with one attached hydrogen (secondary N) is 1. The van der Waals surface area contributed by atoms with E-state index in [1.54, 1.807) is 11.3 Å². The van der Waals surface area contributed by atoms with Gasteiger partial charge >= 0.3 is 0 Å². The Morgan fingerprint density at radius 1 is 1.38 bits per heavy atom. The molecule has 1 N–H and O–H groups in total. The topological polar surface area (TPSA) is 24.9 Å². The van der Waals surface area contributed by atoms with Crippen molar-refractivity contribution in [3.63, 3.8) is 0 Å². The number of hydrogen-bond acceptors (Lipinski definition) is 3. The number of aryl methyl sites for hydroxylation is 2. The Kier molecular flexibility index (Phi) is 3.60. The summed E-state index contributed by atoms with van der Waals surface area (Å²) >= 11 is 1.64. The van der Waals surface area contributed by atoms with E-state index in [0.29, 0.717) is 19.3 Å². The first-order chi connectivity index (χ1) is 7.59. The molecule has 0 radical (unpaired) electrons. The van der Waals surface area contributed by atoms with Crippen LogP contribution in [0.1, 0.15) is 34.8 Å². The Labute approximate surface area is 100 Å². The number of rotatable bonds is 2. The molecular weight excluding hydrogens is 223 g/mol. The highest BCUT2D eigenvalue weighted by atomic mass is 32.1. The lowest BCUT2D eigenvalue weighted by atomic mass is 9.93. The smallest absolute Gasteiger partial charge is 0.118 e. The highest BCUT2D eigenvalue weighted by molar-refractivity contribution is 7.11. The second kappa shape index (κ2) is 4.80. The van der Waals surface area contributed by atoms with Gasteiger partial charge in [0.25, 0.3) is 0 Å². The predicted octanol–water partition coefficient (Wildman–Crippen LogP) is 2.78. The van der Waals surface area contributed by atoms with Crippen LogP contribution >= 0.6 is 11.3 Å². The van der Waals surface area contributed by atoms with Gasteiger partial charge in [0, 0.05) is 11.3 Å². The lowest BCUT2D eigenvalue weighted by Gasteiger charge is -2.21. The van der Waals surface area contributed by atoms with Crippen LogP contribution in [0.15, 0.2) is 0 Å². The zero-order valence-corrected chi connectivity index (χ0v) is 10.8. The Morgan fingerprint density at radius 3 is 2.88 bits per heavy atom. The van der Waals surface area contributed by atoms with Crippen molar-refractivity contribution >= 4 is 11.3 Å². The van der Waals surface area contributed by atoms with E-state index >= 15 is 0 Å². The number of halogens is 1. The largest absolute Gasteiger partial charge is 0.317 e. The molecule has 0 saturated carbocycles. The van der Waals surface area contributed by atoms with Gasteiger partial charge in [0.05, 0.1) is 10.7 Å². The van der Waals surface area contributed by atoms with Crippen LogP contribution in [-0.2, 0) is 6.42 Å². The molecule has 1 saturated heterocycles. The molecule has 1 aromatic rings. The van der Waals surface area contributed by atoms with Gasteiger partial charge in [-0.05, 0) is 46.2 Å². The molecule has 1 fully saturated rings. The highest BCUT2D eigenvalue weighted by Crippen LogP contribution is 2.30. The van der Waals surface area contributed by atoms with Crippen LogP contribution in [0, 0.1) is 13.8 Å². The third kappa shape index (κ3) is 2.80. The summed E-state index contributed by atoms with van der Waals surface area (Å²) in [5.41, 5.74) is 0.00981. The number of thiazole rings is 1. The maximum atomic E-state index is 14.6. The average molecular weight is 242 g/mol. The van der Waals surface area contributed by atoms with Gasteiger partial charge in [0.2, 0.25) is 0 Å². The molecule has 0 aromatic carbocycles. The van der Waals surface area contributed by atoms with E-state index < -0.39 is 5.67 Å². The zero-order chi connectivity index (χ0) is 11.6. The van der Waals surface area contributed by atoms with Crippen LogP contribution in [0.2, 0.25) is 0 Å². The van der Waals surface area contributed by atoms with E-state index in [4.69, 9.17) is 0 Å². The summed E-state index contributed by atoms with van der Waals surface area (Å²) in [5.74, 6) is 0. The lowest BCUT2D eigenvalue weighted by molar-refractivity contribution is 0.144. The van der Waals surface area contributed by atoms with Crippen LogP contribution < -0.4 is 5.32 Å². The monoisotopic (exact) mass is 242 g/mol. The minimum atomic E-state index is -1.04. The van der Waals surface area contributed by atoms with Crippen molar-refractivity contribution in [2.45, 2.75) is 45.2 Å². The summed E-state index contributed by atoms with van der Waals surface area (Å²) < 4.78 is 14.6. The first kappa shape index (κ1) is 12.0. The lowest BCUT2D eigenvalue weighted by Crippen LogP contribution is -2.27. The van der Waals surface area contributed by atoms with Crippen LogP contribution in [0.5, 0.6) is 0 Å². The van der Waals surface area contributed by atoms with Crippen LogP contribution in [0.25, 0.3) is 0 Å². The fourth-order valence-corrected chi connectivity index (χ4v) is 3.22. The summed E-state index contributed by atoms with van der Waals surface area (Å²) in [7, 11) is 0. The highest BCUT2D eigenvalue weighted by Gasteiger charge is 2.31. The van der Waals surface area contributed by atoms with E-state index in [-0.39, 0.29) is 0 Å². The summed E-state index contributed by atoms with van der Waals surface area (Å²) in [6, 6.07) is 0. The van der Waals surface area contributed by atoms with Gasteiger partial charge in [0.1, 0.15) is 5.67 Å². The van der Waals surface area contributed by atoms with E-state index in [9.17, 15) is 4.39 Å². The van der Waals surface area contributed by atoms with Crippen LogP contribution in [0.4, 0.5) is 4.39 Å². The van der Waals surface area contributed by atoms with Gasteiger partial charge in [0.15, 0.2) is 0 Å². The second-order valence-corrected chi connectivity index (χ2v) is 5.97. The summed E-state index contributed by atoms with van der Waals surface area (Å²) in [6.45, 7) is 5.78. The van der Waals surface area contributed by atoms with Crippen LogP contribution in [0.3, 0.4) is 0 Å². The van der Waals surface area contributed by atoms with Crippen molar-refractivity contribution in [3.8, 4) is 0 Å². The minimum absolute atomic E-state index is 0.494. The first-order valence-corrected chi connectivity index (χ1v) is 6.73. The fourth-order valence-electron chi connectivity index (χ4n) is 2.16. The average Bonchev–Trinajstić information content (AvgIpc) is 2.42. The summed E-state index contributed by atoms with van der Waals surface area (Å²) in [5, 5.41) is 4.21. The molecule has 16 heavy (non-hydrogen) atoms. The maximum absolute atomic E-state index is 14.6. The second-order valence-electron chi connectivity index (χ2n) is 4.68. The molecule has 2 heterocycles. The quantitative estimate of drug-likeness (QED) is 0.862. The van der Waals surface area contributed by atoms with Gasteiger partial charge in [-0.3, -0.25) is 0 Å². The molecule has 2 rings (SSSR count). The molecule has 4 heteroatoms. The molecule has 0 spiro atoms. The molecule has 1 atom stereocenters. The van der Waals surface area contributed by atoms with Gasteiger partial charge < -0.3 is 5.32 Å². The van der Waals surface area contributed by atoms with Gasteiger partial charge in [-0.15, -0.1) is 11.3 Å². The Morgan fingerprint density at radius 2 is 2.19 bits per heavy atom. The standard InChI is InChI=1S/C12H19FN2S/c1-9-10(2)16-11(15-9)8-12(13)4-3-6-14-7-5-12/h14H,3-8H2,1-2H3. The van der Waals surface area contributed by atoms with E-state index in [0.717, 1.165) is 30.2 Å². The molecule has 1 aromatic heterocycles. The molecule has 2 nitrogen and oxygen atoms in total. The van der Waals surface area contributed by atoms with Gasteiger partial charge in [-0.1, -0.05) is 0 Å². The Bertz CT molecular complexity index is 334. The van der Waals surface area contributed by atoms with E-state index in [1.807, 2.05) is 6.92 Å². The van der Waals surface area contributed by atoms with Crippen molar-refractivity contribution in [2.24, 2.45) is 0 Å². The molecule has 0 bridgehead atoms. The Hall–Kier alpha value is -0.480. The van der Waals surface area contributed by atoms with E-state index in [2.05, 4.69) is 17.2 Å². The number of nitrogens with zero attached hydrogens (tertiary/aromatic N) is 1. The zero-order valence-electron chi connectivity index (χ0n) is 9.98. The number of aromatic nitrogens is 1. The molecule has 1 aliphatic rings. The maximum Gasteiger partial charge on any atom is 0.118 e. The Balaban J connectivity index is 2.06. The third-order valence-corrected chi connectivity index (χ3v) is 4.34. The number of hydrogen-bond donors (Lipinski definition) is 1. The van der Waals surface area contributed by atoms with E-state index in [1.165, 1.54) is 4.88 Å². The molecule has 90 valence electrons. The van der Waals surface area contributed by atoms with Crippen molar-refractivity contribution < 1.29 is 4.39 Å². The van der Waals surface area contributed by atoms with Crippen molar-refractivity contribution in [3.05, 3.63) is 15.6 Å². The molecule has 1 unspecified atom stereocenters. The van der Waals surface area contributed by atoms with Crippen molar-refractivity contribution in [2.75, 3.05) is 13.1 Å².